The summed E-state index contributed by atoms with van der Waals surface area (Å²) in [6, 6.07) is 15.2. The first-order valence-corrected chi connectivity index (χ1v) is 6.76. The van der Waals surface area contributed by atoms with Gasteiger partial charge in [0, 0.05) is 22.7 Å². The molecule has 2 heterocycles. The van der Waals surface area contributed by atoms with Crippen molar-refractivity contribution in [1.82, 2.24) is 15.0 Å². The van der Waals surface area contributed by atoms with Gasteiger partial charge in [0.25, 0.3) is 0 Å². The van der Waals surface area contributed by atoms with Crippen molar-refractivity contribution in [3.05, 3.63) is 54.2 Å². The average Bonchev–Trinajstić information content (AvgIpc) is 2.89. The first-order chi connectivity index (χ1) is 10.2. The molecule has 2 N–H and O–H groups in total. The summed E-state index contributed by atoms with van der Waals surface area (Å²) in [5.41, 5.74) is 4.58. The van der Waals surface area contributed by atoms with Crippen LogP contribution in [0.3, 0.4) is 0 Å². The molecule has 0 aliphatic carbocycles. The third-order valence-electron chi connectivity index (χ3n) is 3.56. The lowest BCUT2D eigenvalue weighted by Crippen LogP contribution is -1.89. The van der Waals surface area contributed by atoms with Crippen LogP contribution in [-0.4, -0.2) is 20.1 Å². The third-order valence-corrected chi connectivity index (χ3v) is 3.56. The van der Waals surface area contributed by atoms with Crippen LogP contribution < -0.4 is 0 Å². The normalized spacial score (nSPS) is 11.3. The van der Waals surface area contributed by atoms with Crippen LogP contribution in [-0.2, 0) is 0 Å². The highest BCUT2D eigenvalue weighted by Crippen LogP contribution is 2.29. The van der Waals surface area contributed by atoms with E-state index in [9.17, 15) is 5.11 Å². The maximum atomic E-state index is 9.57. The van der Waals surface area contributed by atoms with Gasteiger partial charge in [0.15, 0.2) is 0 Å². The van der Waals surface area contributed by atoms with Crippen LogP contribution in [0.25, 0.3) is 33.3 Å². The predicted molar refractivity (Wildman–Crippen MR) is 83.2 cm³/mol. The molecular weight excluding hydrogens is 262 g/mol. The standard InChI is InChI=1S/C17H13N3O/c1-10-8-13(12-4-2-3-5-14(12)18-10)17-19-15-7-6-11(21)9-16(15)20-17/h2-9,21H,1H3,(H,19,20). The van der Waals surface area contributed by atoms with Gasteiger partial charge in [-0.15, -0.1) is 0 Å². The molecule has 0 amide bonds. The van der Waals surface area contributed by atoms with E-state index in [0.717, 1.165) is 39.0 Å². The van der Waals surface area contributed by atoms with Gasteiger partial charge in [-0.3, -0.25) is 4.98 Å². The molecule has 0 atom stereocenters. The van der Waals surface area contributed by atoms with Gasteiger partial charge in [0.2, 0.25) is 0 Å². The first-order valence-electron chi connectivity index (χ1n) is 6.76. The van der Waals surface area contributed by atoms with Crippen LogP contribution in [0.15, 0.2) is 48.5 Å². The highest BCUT2D eigenvalue weighted by molar-refractivity contribution is 5.94. The van der Waals surface area contributed by atoms with E-state index in [1.165, 1.54) is 0 Å². The Morgan fingerprint density at radius 1 is 0.952 bits per heavy atom. The molecule has 2 aromatic carbocycles. The van der Waals surface area contributed by atoms with Gasteiger partial charge in [-0.2, -0.15) is 0 Å². The summed E-state index contributed by atoms with van der Waals surface area (Å²) in [6.45, 7) is 1.98. The van der Waals surface area contributed by atoms with Gasteiger partial charge < -0.3 is 10.1 Å². The fourth-order valence-electron chi connectivity index (χ4n) is 2.63. The summed E-state index contributed by atoms with van der Waals surface area (Å²) in [6.07, 6.45) is 0. The van der Waals surface area contributed by atoms with Crippen LogP contribution in [0.1, 0.15) is 5.69 Å². The lowest BCUT2D eigenvalue weighted by molar-refractivity contribution is 0.476. The number of aromatic hydroxyl groups is 1. The van der Waals surface area contributed by atoms with Crippen molar-refractivity contribution in [1.29, 1.82) is 0 Å². The Labute approximate surface area is 121 Å². The number of nitrogens with one attached hydrogen (secondary N) is 1. The molecule has 0 fully saturated rings. The molecule has 0 saturated carbocycles. The average molecular weight is 275 g/mol. The van der Waals surface area contributed by atoms with Gasteiger partial charge in [-0.1, -0.05) is 18.2 Å². The number of aryl methyl sites for hydroxylation is 1. The fourth-order valence-corrected chi connectivity index (χ4v) is 2.63. The largest absolute Gasteiger partial charge is 0.508 e. The number of H-pyrrole nitrogens is 1. The SMILES string of the molecule is Cc1cc(-c2nc3ccc(O)cc3[nH]2)c2ccccc2n1. The Morgan fingerprint density at radius 2 is 1.81 bits per heavy atom. The maximum Gasteiger partial charge on any atom is 0.139 e. The number of aromatic amines is 1. The van der Waals surface area contributed by atoms with Crippen LogP contribution >= 0.6 is 0 Å². The van der Waals surface area contributed by atoms with E-state index >= 15 is 0 Å². The van der Waals surface area contributed by atoms with E-state index in [4.69, 9.17) is 0 Å². The lowest BCUT2D eigenvalue weighted by Gasteiger charge is -2.05. The zero-order valence-corrected chi connectivity index (χ0v) is 11.5. The Kier molecular flexibility index (Phi) is 2.44. The van der Waals surface area contributed by atoms with Crippen molar-refractivity contribution in [2.45, 2.75) is 6.92 Å². The van der Waals surface area contributed by atoms with Crippen molar-refractivity contribution >= 4 is 21.9 Å². The maximum absolute atomic E-state index is 9.57. The number of benzene rings is 2. The Hall–Kier alpha value is -2.88. The lowest BCUT2D eigenvalue weighted by atomic mass is 10.1. The van der Waals surface area contributed by atoms with Crippen LogP contribution in [0.4, 0.5) is 0 Å². The molecule has 0 aliphatic heterocycles. The monoisotopic (exact) mass is 275 g/mol. The summed E-state index contributed by atoms with van der Waals surface area (Å²) < 4.78 is 0. The van der Waals surface area contributed by atoms with Crippen molar-refractivity contribution in [3.63, 3.8) is 0 Å². The Bertz CT molecular complexity index is 972. The molecule has 0 aliphatic rings. The second-order valence-electron chi connectivity index (χ2n) is 5.12. The minimum atomic E-state index is 0.230. The number of phenols is 1. The third kappa shape index (κ3) is 1.92. The van der Waals surface area contributed by atoms with Gasteiger partial charge in [-0.25, -0.2) is 4.98 Å². The van der Waals surface area contributed by atoms with Crippen molar-refractivity contribution < 1.29 is 5.11 Å². The summed E-state index contributed by atoms with van der Waals surface area (Å²) >= 11 is 0. The van der Waals surface area contributed by atoms with Crippen LogP contribution in [0.2, 0.25) is 0 Å². The van der Waals surface area contributed by atoms with E-state index in [0.29, 0.717) is 0 Å². The highest BCUT2D eigenvalue weighted by atomic mass is 16.3. The summed E-state index contributed by atoms with van der Waals surface area (Å²) in [7, 11) is 0. The number of nitrogens with zero attached hydrogens (tertiary/aromatic N) is 2. The number of aromatic nitrogens is 3. The molecule has 0 radical (unpaired) electrons. The number of fused-ring (bicyclic) bond motifs is 2. The van der Waals surface area contributed by atoms with Gasteiger partial charge in [-0.05, 0) is 31.2 Å². The predicted octanol–water partition coefficient (Wildman–Crippen LogP) is 3.79. The Balaban J connectivity index is 2.03. The first kappa shape index (κ1) is 11.9. The number of para-hydroxylation sites is 1. The molecule has 2 aromatic heterocycles. The second-order valence-corrected chi connectivity index (χ2v) is 5.12. The topological polar surface area (TPSA) is 61.8 Å². The number of phenolic OH excluding ortho intramolecular Hbond substituents is 1. The van der Waals surface area contributed by atoms with E-state index in [1.54, 1.807) is 18.2 Å². The van der Waals surface area contributed by atoms with Gasteiger partial charge in [0.05, 0.1) is 16.6 Å². The molecule has 4 nitrogen and oxygen atoms in total. The highest BCUT2D eigenvalue weighted by Gasteiger charge is 2.10. The zero-order chi connectivity index (χ0) is 14.4. The molecule has 21 heavy (non-hydrogen) atoms. The van der Waals surface area contributed by atoms with E-state index in [1.807, 2.05) is 37.3 Å². The number of pyridine rings is 1. The molecule has 4 heteroatoms. The minimum Gasteiger partial charge on any atom is -0.508 e. The van der Waals surface area contributed by atoms with Gasteiger partial charge in [0.1, 0.15) is 11.6 Å². The molecule has 4 aromatic rings. The minimum absolute atomic E-state index is 0.230. The fraction of sp³-hybridized carbons (Fsp3) is 0.0588. The molecular formula is C17H13N3O. The zero-order valence-electron chi connectivity index (χ0n) is 11.5. The van der Waals surface area contributed by atoms with Crippen molar-refractivity contribution in [2.75, 3.05) is 0 Å². The molecule has 0 unspecified atom stereocenters. The molecule has 102 valence electrons. The number of hydrogen-bond donors (Lipinski definition) is 2. The van der Waals surface area contributed by atoms with E-state index < -0.39 is 0 Å². The summed E-state index contributed by atoms with van der Waals surface area (Å²) in [4.78, 5) is 12.4. The van der Waals surface area contributed by atoms with Gasteiger partial charge >= 0.3 is 0 Å². The molecule has 4 rings (SSSR count). The quantitative estimate of drug-likeness (QED) is 0.555. The molecule has 0 saturated heterocycles. The summed E-state index contributed by atoms with van der Waals surface area (Å²) in [5.74, 6) is 1.02. The van der Waals surface area contributed by atoms with Crippen molar-refractivity contribution in [2.24, 2.45) is 0 Å². The molecule has 0 bridgehead atoms. The van der Waals surface area contributed by atoms with Crippen LogP contribution in [0, 0.1) is 6.92 Å². The smallest absolute Gasteiger partial charge is 0.139 e. The number of rotatable bonds is 1. The van der Waals surface area contributed by atoms with E-state index in [-0.39, 0.29) is 5.75 Å². The Morgan fingerprint density at radius 3 is 2.71 bits per heavy atom. The van der Waals surface area contributed by atoms with Crippen molar-refractivity contribution in [3.8, 4) is 17.1 Å². The number of hydrogen-bond acceptors (Lipinski definition) is 3. The number of imidazole rings is 1. The summed E-state index contributed by atoms with van der Waals surface area (Å²) in [5, 5.41) is 10.6. The van der Waals surface area contributed by atoms with Crippen LogP contribution in [0.5, 0.6) is 5.75 Å². The second kappa shape index (κ2) is 4.31. The van der Waals surface area contributed by atoms with E-state index in [2.05, 4.69) is 15.0 Å². The molecule has 0 spiro atoms.